The highest BCUT2D eigenvalue weighted by atomic mass is 79.9. The third-order valence-electron chi connectivity index (χ3n) is 2.65. The normalized spacial score (nSPS) is 10.7. The Labute approximate surface area is 124 Å². The zero-order valence-electron chi connectivity index (χ0n) is 10.9. The summed E-state index contributed by atoms with van der Waals surface area (Å²) >= 11 is 3.27. The first-order chi connectivity index (χ1) is 9.54. The third-order valence-corrected chi connectivity index (χ3v) is 3.11. The molecule has 0 unspecified atom stereocenters. The van der Waals surface area contributed by atoms with Gasteiger partial charge in [0, 0.05) is 43.2 Å². The lowest BCUT2D eigenvalue weighted by atomic mass is 10.2. The molecule has 1 aromatic heterocycles. The molecule has 1 aromatic carbocycles. The standard InChI is InChI=1S/C12H14BrN5O2/c1-17-8-15-12(16-17)2-3-14-7-9-4-10(13)6-11(5-9)18(19)20/h4-6,8,14H,2-3,7H2,1H3. The Morgan fingerprint density at radius 2 is 2.25 bits per heavy atom. The van der Waals surface area contributed by atoms with E-state index in [1.165, 1.54) is 6.07 Å². The smallest absolute Gasteiger partial charge is 0.270 e. The molecule has 7 nitrogen and oxygen atoms in total. The highest BCUT2D eigenvalue weighted by Gasteiger charge is 2.08. The molecule has 0 saturated carbocycles. The van der Waals surface area contributed by atoms with Crippen LogP contribution in [0.15, 0.2) is 29.0 Å². The fourth-order valence-corrected chi connectivity index (χ4v) is 2.30. The number of nitro benzene ring substituents is 1. The van der Waals surface area contributed by atoms with Crippen molar-refractivity contribution in [3.8, 4) is 0 Å². The molecule has 0 atom stereocenters. The van der Waals surface area contributed by atoms with Gasteiger partial charge in [-0.2, -0.15) is 5.10 Å². The summed E-state index contributed by atoms with van der Waals surface area (Å²) in [5, 5.41) is 18.2. The number of aromatic nitrogens is 3. The van der Waals surface area contributed by atoms with Crippen LogP contribution in [0, 0.1) is 10.1 Å². The molecule has 1 heterocycles. The molecule has 106 valence electrons. The summed E-state index contributed by atoms with van der Waals surface area (Å²) in [6.45, 7) is 1.28. The van der Waals surface area contributed by atoms with Gasteiger partial charge in [0.05, 0.1) is 4.92 Å². The van der Waals surface area contributed by atoms with Gasteiger partial charge in [-0.25, -0.2) is 4.98 Å². The summed E-state index contributed by atoms with van der Waals surface area (Å²) in [7, 11) is 1.82. The number of nitrogens with zero attached hydrogens (tertiary/aromatic N) is 4. The third kappa shape index (κ3) is 4.10. The minimum Gasteiger partial charge on any atom is -0.312 e. The van der Waals surface area contributed by atoms with Crippen molar-refractivity contribution >= 4 is 21.6 Å². The summed E-state index contributed by atoms with van der Waals surface area (Å²) in [6.07, 6.45) is 2.38. The highest BCUT2D eigenvalue weighted by Crippen LogP contribution is 2.21. The molecule has 0 amide bonds. The molecule has 2 rings (SSSR count). The second-order valence-electron chi connectivity index (χ2n) is 4.34. The molecule has 0 saturated heterocycles. The minimum absolute atomic E-state index is 0.0857. The Morgan fingerprint density at radius 1 is 1.45 bits per heavy atom. The maximum atomic E-state index is 10.8. The lowest BCUT2D eigenvalue weighted by Crippen LogP contribution is -2.17. The van der Waals surface area contributed by atoms with Gasteiger partial charge in [-0.15, -0.1) is 0 Å². The largest absolute Gasteiger partial charge is 0.312 e. The fourth-order valence-electron chi connectivity index (χ4n) is 1.77. The lowest BCUT2D eigenvalue weighted by Gasteiger charge is -2.04. The number of hydrogen-bond donors (Lipinski definition) is 1. The Bertz CT molecular complexity index is 614. The Kier molecular flexibility index (Phi) is 4.80. The van der Waals surface area contributed by atoms with E-state index in [9.17, 15) is 10.1 Å². The number of aryl methyl sites for hydroxylation is 1. The number of hydrogen-bond acceptors (Lipinski definition) is 5. The Hall–Kier alpha value is -1.80. The fraction of sp³-hybridized carbons (Fsp3) is 0.333. The maximum Gasteiger partial charge on any atom is 0.270 e. The van der Waals surface area contributed by atoms with Crippen LogP contribution in [0.2, 0.25) is 0 Å². The number of nitro groups is 1. The molecule has 20 heavy (non-hydrogen) atoms. The van der Waals surface area contributed by atoms with E-state index in [1.54, 1.807) is 17.1 Å². The van der Waals surface area contributed by atoms with Gasteiger partial charge >= 0.3 is 0 Å². The number of rotatable bonds is 6. The highest BCUT2D eigenvalue weighted by molar-refractivity contribution is 9.10. The van der Waals surface area contributed by atoms with E-state index in [-0.39, 0.29) is 5.69 Å². The van der Waals surface area contributed by atoms with Crippen LogP contribution in [-0.4, -0.2) is 26.2 Å². The molecule has 0 fully saturated rings. The zero-order valence-corrected chi connectivity index (χ0v) is 12.5. The minimum atomic E-state index is -0.397. The van der Waals surface area contributed by atoms with Crippen LogP contribution in [0.1, 0.15) is 11.4 Å². The maximum absolute atomic E-state index is 10.8. The average Bonchev–Trinajstić information content (AvgIpc) is 2.80. The predicted molar refractivity (Wildman–Crippen MR) is 77.2 cm³/mol. The van der Waals surface area contributed by atoms with Crippen LogP contribution in [0.3, 0.4) is 0 Å². The van der Waals surface area contributed by atoms with Gasteiger partial charge in [-0.05, 0) is 11.6 Å². The number of halogens is 1. The van der Waals surface area contributed by atoms with Crippen molar-refractivity contribution in [2.75, 3.05) is 6.54 Å². The van der Waals surface area contributed by atoms with E-state index in [0.29, 0.717) is 17.6 Å². The van der Waals surface area contributed by atoms with E-state index in [4.69, 9.17) is 0 Å². The van der Waals surface area contributed by atoms with Crippen LogP contribution in [0.25, 0.3) is 0 Å². The second-order valence-corrected chi connectivity index (χ2v) is 5.25. The summed E-state index contributed by atoms with van der Waals surface area (Å²) < 4.78 is 2.36. The van der Waals surface area contributed by atoms with Gasteiger partial charge in [-0.3, -0.25) is 14.8 Å². The SMILES string of the molecule is Cn1cnc(CCNCc2cc(Br)cc([N+](=O)[O-])c2)n1. The first kappa shape index (κ1) is 14.6. The Balaban J connectivity index is 1.86. The number of nitrogens with one attached hydrogen (secondary N) is 1. The summed E-state index contributed by atoms with van der Waals surface area (Å²) in [5.41, 5.74) is 0.947. The molecule has 0 spiro atoms. The Morgan fingerprint density at radius 3 is 2.90 bits per heavy atom. The quantitative estimate of drug-likeness (QED) is 0.492. The molecule has 2 aromatic rings. The van der Waals surface area contributed by atoms with Gasteiger partial charge in [0.25, 0.3) is 5.69 Å². The van der Waals surface area contributed by atoms with Crippen molar-refractivity contribution in [1.82, 2.24) is 20.1 Å². The van der Waals surface area contributed by atoms with Crippen molar-refractivity contribution < 1.29 is 4.92 Å². The van der Waals surface area contributed by atoms with Crippen LogP contribution >= 0.6 is 15.9 Å². The van der Waals surface area contributed by atoms with E-state index in [2.05, 4.69) is 31.3 Å². The van der Waals surface area contributed by atoms with Crippen molar-refractivity contribution in [1.29, 1.82) is 0 Å². The van der Waals surface area contributed by atoms with Gasteiger partial charge in [0.2, 0.25) is 0 Å². The summed E-state index contributed by atoms with van der Waals surface area (Å²) in [5.74, 6) is 0.778. The van der Waals surface area contributed by atoms with Crippen LogP contribution in [-0.2, 0) is 20.0 Å². The topological polar surface area (TPSA) is 85.9 Å². The number of benzene rings is 1. The lowest BCUT2D eigenvalue weighted by molar-refractivity contribution is -0.385. The van der Waals surface area contributed by atoms with Crippen molar-refractivity contribution in [2.45, 2.75) is 13.0 Å². The molecular weight excluding hydrogens is 326 g/mol. The first-order valence-electron chi connectivity index (χ1n) is 6.03. The molecule has 8 heteroatoms. The average molecular weight is 340 g/mol. The number of non-ortho nitro benzene ring substituents is 1. The van der Waals surface area contributed by atoms with Crippen LogP contribution < -0.4 is 5.32 Å². The van der Waals surface area contributed by atoms with Crippen LogP contribution in [0.4, 0.5) is 5.69 Å². The molecule has 1 N–H and O–H groups in total. The molecule has 0 aliphatic rings. The van der Waals surface area contributed by atoms with E-state index in [0.717, 1.165) is 17.8 Å². The summed E-state index contributed by atoms with van der Waals surface area (Å²) in [6, 6.07) is 4.91. The van der Waals surface area contributed by atoms with E-state index >= 15 is 0 Å². The molecule has 0 bridgehead atoms. The molecule has 0 radical (unpaired) electrons. The van der Waals surface area contributed by atoms with E-state index < -0.39 is 4.92 Å². The molecule has 0 aliphatic carbocycles. The van der Waals surface area contributed by atoms with Gasteiger partial charge in [-0.1, -0.05) is 15.9 Å². The van der Waals surface area contributed by atoms with Gasteiger partial charge in [0.15, 0.2) is 5.82 Å². The van der Waals surface area contributed by atoms with Crippen molar-refractivity contribution in [3.05, 3.63) is 50.5 Å². The second kappa shape index (κ2) is 6.58. The molecule has 0 aliphatic heterocycles. The summed E-state index contributed by atoms with van der Waals surface area (Å²) in [4.78, 5) is 14.5. The van der Waals surface area contributed by atoms with Gasteiger partial charge < -0.3 is 5.32 Å². The van der Waals surface area contributed by atoms with Crippen molar-refractivity contribution in [2.24, 2.45) is 7.05 Å². The van der Waals surface area contributed by atoms with Crippen LogP contribution in [0.5, 0.6) is 0 Å². The molecular formula is C12H14BrN5O2. The van der Waals surface area contributed by atoms with E-state index in [1.807, 2.05) is 13.1 Å². The first-order valence-corrected chi connectivity index (χ1v) is 6.83. The van der Waals surface area contributed by atoms with Gasteiger partial charge in [0.1, 0.15) is 6.33 Å². The predicted octanol–water partition coefficient (Wildman–Crippen LogP) is 1.82. The van der Waals surface area contributed by atoms with Crippen molar-refractivity contribution in [3.63, 3.8) is 0 Å². The zero-order chi connectivity index (χ0) is 14.5. The monoisotopic (exact) mass is 339 g/mol.